The first-order valence-electron chi connectivity index (χ1n) is 5.88. The molecular formula is C14H13N2O4+. The van der Waals surface area contributed by atoms with Crippen LogP contribution in [0.4, 0.5) is 0 Å². The van der Waals surface area contributed by atoms with Gasteiger partial charge in [0, 0.05) is 23.9 Å². The van der Waals surface area contributed by atoms with Crippen molar-refractivity contribution in [3.8, 4) is 0 Å². The molecule has 6 nitrogen and oxygen atoms in total. The summed E-state index contributed by atoms with van der Waals surface area (Å²) in [5.41, 5.74) is 0.992. The number of carboxylic acid groups (broad SMARTS) is 2. The Morgan fingerprint density at radius 3 is 2.40 bits per heavy atom. The van der Waals surface area contributed by atoms with Crippen LogP contribution in [0, 0.1) is 6.92 Å². The van der Waals surface area contributed by atoms with Gasteiger partial charge in [-0.3, -0.25) is 0 Å². The zero-order valence-corrected chi connectivity index (χ0v) is 10.8. The minimum atomic E-state index is -1.35. The highest BCUT2D eigenvalue weighted by Gasteiger charge is 2.19. The Labute approximate surface area is 115 Å². The number of hydrogen-bond donors (Lipinski definition) is 2. The Balaban J connectivity index is 2.34. The molecular weight excluding hydrogens is 260 g/mol. The van der Waals surface area contributed by atoms with Crippen LogP contribution in [0.15, 0.2) is 36.8 Å². The van der Waals surface area contributed by atoms with Crippen LogP contribution in [-0.2, 0) is 6.54 Å². The van der Waals surface area contributed by atoms with Crippen molar-refractivity contribution in [2.75, 3.05) is 0 Å². The third-order valence-electron chi connectivity index (χ3n) is 2.80. The number of nitrogens with zero attached hydrogens (tertiary/aromatic N) is 2. The van der Waals surface area contributed by atoms with Crippen LogP contribution < -0.4 is 4.57 Å². The van der Waals surface area contributed by atoms with Crippen LogP contribution in [0.5, 0.6) is 0 Å². The lowest BCUT2D eigenvalue weighted by molar-refractivity contribution is -0.688. The van der Waals surface area contributed by atoms with E-state index in [1.54, 1.807) is 0 Å². The second-order valence-corrected chi connectivity index (χ2v) is 4.40. The minimum absolute atomic E-state index is 0.303. The van der Waals surface area contributed by atoms with Crippen molar-refractivity contribution >= 4 is 11.9 Å². The molecule has 0 aliphatic carbocycles. The lowest BCUT2D eigenvalue weighted by Gasteiger charge is -2.03. The summed E-state index contributed by atoms with van der Waals surface area (Å²) in [6.07, 6.45) is 5.10. The Bertz CT molecular complexity index is 665. The number of aryl methyl sites for hydroxylation is 1. The van der Waals surface area contributed by atoms with Gasteiger partial charge >= 0.3 is 11.9 Å². The van der Waals surface area contributed by atoms with E-state index in [-0.39, 0.29) is 5.56 Å². The largest absolute Gasteiger partial charge is 0.478 e. The van der Waals surface area contributed by atoms with E-state index in [1.807, 2.05) is 36.0 Å². The first-order chi connectivity index (χ1) is 9.47. The molecule has 2 aromatic heterocycles. The molecule has 2 N–H and O–H groups in total. The number of aromatic carboxylic acids is 2. The second-order valence-electron chi connectivity index (χ2n) is 4.40. The second kappa shape index (κ2) is 5.48. The first-order valence-corrected chi connectivity index (χ1v) is 5.88. The van der Waals surface area contributed by atoms with E-state index < -0.39 is 17.6 Å². The van der Waals surface area contributed by atoms with Crippen LogP contribution in [0.2, 0.25) is 0 Å². The van der Waals surface area contributed by atoms with Crippen LogP contribution >= 0.6 is 0 Å². The number of pyridine rings is 2. The van der Waals surface area contributed by atoms with Gasteiger partial charge in [0.15, 0.2) is 24.6 Å². The molecule has 0 atom stereocenters. The molecule has 102 valence electrons. The molecule has 0 aliphatic rings. The molecule has 2 heterocycles. The Kier molecular flexibility index (Phi) is 3.74. The highest BCUT2D eigenvalue weighted by atomic mass is 16.4. The van der Waals surface area contributed by atoms with Crippen molar-refractivity contribution in [2.45, 2.75) is 13.5 Å². The standard InChI is InChI=1S/C14H12N2O4/c1-9-2-4-16(5-3-9)8-10-6-11(13(17)18)12(14(19)20)15-7-10/h2-7H,8H2,1H3,(H-,17,18,19,20)/p+1. The number of hydrogen-bond acceptors (Lipinski definition) is 3. The molecule has 0 fully saturated rings. The summed E-state index contributed by atoms with van der Waals surface area (Å²) >= 11 is 0. The molecule has 0 spiro atoms. The molecule has 0 saturated heterocycles. The van der Waals surface area contributed by atoms with Crippen molar-refractivity contribution in [1.29, 1.82) is 0 Å². The predicted molar refractivity (Wildman–Crippen MR) is 68.6 cm³/mol. The molecule has 0 radical (unpaired) electrons. The molecule has 6 heteroatoms. The minimum Gasteiger partial charge on any atom is -0.478 e. The lowest BCUT2D eigenvalue weighted by atomic mass is 10.1. The van der Waals surface area contributed by atoms with Crippen molar-refractivity contribution < 1.29 is 24.4 Å². The van der Waals surface area contributed by atoms with Gasteiger partial charge in [0.2, 0.25) is 0 Å². The van der Waals surface area contributed by atoms with E-state index in [0.717, 1.165) is 5.56 Å². The van der Waals surface area contributed by atoms with Gasteiger partial charge in [-0.25, -0.2) is 19.1 Å². The topological polar surface area (TPSA) is 91.4 Å². The summed E-state index contributed by atoms with van der Waals surface area (Å²) in [4.78, 5) is 25.7. The van der Waals surface area contributed by atoms with Crippen molar-refractivity contribution in [3.05, 3.63) is 59.2 Å². The molecule has 0 saturated carbocycles. The molecule has 20 heavy (non-hydrogen) atoms. The molecule has 0 bridgehead atoms. The smallest absolute Gasteiger partial charge is 0.355 e. The van der Waals surface area contributed by atoms with Gasteiger partial charge in [0.1, 0.15) is 0 Å². The average Bonchev–Trinajstić information content (AvgIpc) is 2.41. The highest BCUT2D eigenvalue weighted by Crippen LogP contribution is 2.09. The Morgan fingerprint density at radius 2 is 1.85 bits per heavy atom. The predicted octanol–water partition coefficient (Wildman–Crippen LogP) is 1.12. The zero-order chi connectivity index (χ0) is 14.7. The van der Waals surface area contributed by atoms with E-state index in [0.29, 0.717) is 12.1 Å². The van der Waals surface area contributed by atoms with Gasteiger partial charge in [0.05, 0.1) is 5.56 Å². The van der Waals surface area contributed by atoms with Gasteiger partial charge in [-0.1, -0.05) is 0 Å². The van der Waals surface area contributed by atoms with Gasteiger partial charge in [-0.05, 0) is 18.6 Å². The maximum absolute atomic E-state index is 11.1. The van der Waals surface area contributed by atoms with Gasteiger partial charge < -0.3 is 10.2 Å². The molecule has 0 aliphatic heterocycles. The molecule has 0 unspecified atom stereocenters. The molecule has 0 amide bonds. The summed E-state index contributed by atoms with van der Waals surface area (Å²) in [7, 11) is 0. The van der Waals surface area contributed by atoms with Crippen LogP contribution in [0.3, 0.4) is 0 Å². The van der Waals surface area contributed by atoms with Gasteiger partial charge in [0.25, 0.3) is 0 Å². The van der Waals surface area contributed by atoms with Crippen LogP contribution in [0.1, 0.15) is 32.0 Å². The quantitative estimate of drug-likeness (QED) is 0.814. The van der Waals surface area contributed by atoms with E-state index in [1.165, 1.54) is 12.3 Å². The van der Waals surface area contributed by atoms with E-state index >= 15 is 0 Å². The summed E-state index contributed by atoms with van der Waals surface area (Å²) in [5.74, 6) is -2.65. The van der Waals surface area contributed by atoms with Crippen LogP contribution in [-0.4, -0.2) is 27.1 Å². The maximum atomic E-state index is 11.1. The SMILES string of the molecule is Cc1cc[n+](Cc2cnc(C(=O)O)c(C(=O)O)c2)cc1. The molecule has 2 aromatic rings. The lowest BCUT2D eigenvalue weighted by Crippen LogP contribution is -2.33. The fourth-order valence-corrected chi connectivity index (χ4v) is 1.78. The number of carboxylic acids is 2. The number of aromatic nitrogens is 2. The van der Waals surface area contributed by atoms with E-state index in [2.05, 4.69) is 4.98 Å². The van der Waals surface area contributed by atoms with Gasteiger partial charge in [-0.2, -0.15) is 0 Å². The first kappa shape index (κ1) is 13.7. The Morgan fingerprint density at radius 1 is 1.20 bits per heavy atom. The maximum Gasteiger partial charge on any atom is 0.355 e. The third-order valence-corrected chi connectivity index (χ3v) is 2.80. The van der Waals surface area contributed by atoms with Crippen molar-refractivity contribution in [3.63, 3.8) is 0 Å². The molecule has 0 aromatic carbocycles. The van der Waals surface area contributed by atoms with Crippen LogP contribution in [0.25, 0.3) is 0 Å². The normalized spacial score (nSPS) is 10.2. The van der Waals surface area contributed by atoms with E-state index in [4.69, 9.17) is 10.2 Å². The third kappa shape index (κ3) is 2.97. The fraction of sp³-hybridized carbons (Fsp3) is 0.143. The molecule has 2 rings (SSSR count). The zero-order valence-electron chi connectivity index (χ0n) is 10.8. The van der Waals surface area contributed by atoms with Crippen molar-refractivity contribution in [2.24, 2.45) is 0 Å². The summed E-state index contributed by atoms with van der Waals surface area (Å²) in [6, 6.07) is 5.19. The van der Waals surface area contributed by atoms with E-state index in [9.17, 15) is 9.59 Å². The fourth-order valence-electron chi connectivity index (χ4n) is 1.78. The summed E-state index contributed by atoms with van der Waals surface area (Å²) < 4.78 is 1.86. The average molecular weight is 273 g/mol. The Hall–Kier alpha value is -2.76. The number of carbonyl (C=O) groups is 2. The van der Waals surface area contributed by atoms with Gasteiger partial charge in [-0.15, -0.1) is 0 Å². The van der Waals surface area contributed by atoms with Crippen molar-refractivity contribution in [1.82, 2.24) is 4.98 Å². The monoisotopic (exact) mass is 273 g/mol. The summed E-state index contributed by atoms with van der Waals surface area (Å²) in [5, 5.41) is 17.9. The highest BCUT2D eigenvalue weighted by molar-refractivity contribution is 6.00. The number of rotatable bonds is 4. The summed E-state index contributed by atoms with van der Waals surface area (Å²) in [6.45, 7) is 2.39.